The lowest BCUT2D eigenvalue weighted by Crippen LogP contribution is -2.53. The number of nitrogens with zero attached hydrogens (tertiary/aromatic N) is 2. The molecule has 0 bridgehead atoms. The summed E-state index contributed by atoms with van der Waals surface area (Å²) in [4.78, 5) is 29.9. The summed E-state index contributed by atoms with van der Waals surface area (Å²) >= 11 is 0. The minimum atomic E-state index is -4.13. The van der Waals surface area contributed by atoms with Crippen molar-refractivity contribution in [2.75, 3.05) is 17.4 Å². The average molecular weight is 612 g/mol. The number of anilines is 1. The van der Waals surface area contributed by atoms with Crippen LogP contribution in [0.2, 0.25) is 0 Å². The van der Waals surface area contributed by atoms with Gasteiger partial charge in [0.05, 0.1) is 10.6 Å². The minimum Gasteiger partial charge on any atom is -0.354 e. The molecule has 8 heteroatoms. The summed E-state index contributed by atoms with van der Waals surface area (Å²) < 4.78 is 29.5. The number of aryl methyl sites for hydroxylation is 2. The van der Waals surface area contributed by atoms with Gasteiger partial charge in [0.1, 0.15) is 12.6 Å². The maximum absolute atomic E-state index is 14.5. The quantitative estimate of drug-likeness (QED) is 0.202. The fraction of sp³-hybridized carbons (Fsp3) is 0.278. The van der Waals surface area contributed by atoms with Crippen LogP contribution in [0.25, 0.3) is 0 Å². The largest absolute Gasteiger partial charge is 0.354 e. The molecule has 4 aromatic carbocycles. The van der Waals surface area contributed by atoms with Crippen LogP contribution in [0.4, 0.5) is 5.69 Å². The third-order valence-corrected chi connectivity index (χ3v) is 9.52. The van der Waals surface area contributed by atoms with Crippen molar-refractivity contribution in [1.82, 2.24) is 10.2 Å². The van der Waals surface area contributed by atoms with E-state index in [0.717, 1.165) is 34.2 Å². The van der Waals surface area contributed by atoms with Crippen LogP contribution < -0.4 is 9.62 Å². The van der Waals surface area contributed by atoms with Gasteiger partial charge >= 0.3 is 0 Å². The van der Waals surface area contributed by atoms with Gasteiger partial charge in [0.2, 0.25) is 11.8 Å². The van der Waals surface area contributed by atoms with Crippen LogP contribution in [0.1, 0.15) is 41.2 Å². The number of nitrogens with one attached hydrogen (secondary N) is 1. The minimum absolute atomic E-state index is 0.0836. The summed E-state index contributed by atoms with van der Waals surface area (Å²) in [6.45, 7) is 7.85. The second-order valence-corrected chi connectivity index (χ2v) is 12.9. The van der Waals surface area contributed by atoms with Crippen molar-refractivity contribution in [1.29, 1.82) is 0 Å². The van der Waals surface area contributed by atoms with Crippen LogP contribution in [-0.4, -0.2) is 44.3 Å². The summed E-state index contributed by atoms with van der Waals surface area (Å²) in [5, 5.41) is 2.98. The van der Waals surface area contributed by atoms with E-state index in [1.165, 1.54) is 21.3 Å². The van der Waals surface area contributed by atoms with Gasteiger partial charge in [0.15, 0.2) is 0 Å². The number of carbonyl (C=O) groups is 2. The highest BCUT2D eigenvalue weighted by atomic mass is 32.2. The highest BCUT2D eigenvalue weighted by molar-refractivity contribution is 7.92. The molecule has 2 amide bonds. The number of hydrogen-bond donors (Lipinski definition) is 1. The standard InChI is InChI=1S/C36H41N3O4S/c1-5-23-37-36(41)34(24-30-14-8-6-9-15-30)38(25-31-21-19-27(2)20-22-31)35(40)26-39(33-18-12-13-28(3)29(33)4)44(42,43)32-16-10-7-11-17-32/h6-22,34H,5,23-26H2,1-4H3,(H,37,41). The van der Waals surface area contributed by atoms with Gasteiger partial charge in [0, 0.05) is 19.5 Å². The summed E-state index contributed by atoms with van der Waals surface area (Å²) in [7, 11) is -4.13. The molecule has 0 aromatic heterocycles. The Hall–Kier alpha value is -4.43. The highest BCUT2D eigenvalue weighted by Crippen LogP contribution is 2.29. The lowest BCUT2D eigenvalue weighted by molar-refractivity contribution is -0.140. The van der Waals surface area contributed by atoms with Crippen molar-refractivity contribution in [3.63, 3.8) is 0 Å². The predicted octanol–water partition coefficient (Wildman–Crippen LogP) is 5.97. The fourth-order valence-corrected chi connectivity index (χ4v) is 6.54. The zero-order chi connectivity index (χ0) is 31.7. The van der Waals surface area contributed by atoms with Gasteiger partial charge in [-0.1, -0.05) is 97.4 Å². The molecule has 0 saturated heterocycles. The maximum atomic E-state index is 14.5. The average Bonchev–Trinajstić information content (AvgIpc) is 3.03. The van der Waals surface area contributed by atoms with Crippen molar-refractivity contribution >= 4 is 27.5 Å². The second-order valence-electron chi connectivity index (χ2n) is 11.0. The Balaban J connectivity index is 1.81. The van der Waals surface area contributed by atoms with E-state index in [4.69, 9.17) is 0 Å². The molecule has 230 valence electrons. The van der Waals surface area contributed by atoms with Gasteiger partial charge in [-0.3, -0.25) is 13.9 Å². The van der Waals surface area contributed by atoms with E-state index in [2.05, 4.69) is 5.32 Å². The summed E-state index contributed by atoms with van der Waals surface area (Å²) in [6.07, 6.45) is 1.02. The molecule has 0 fully saturated rings. The molecule has 0 aliphatic heterocycles. The zero-order valence-corrected chi connectivity index (χ0v) is 26.7. The molecule has 1 atom stereocenters. The van der Waals surface area contributed by atoms with Crippen LogP contribution in [0.3, 0.4) is 0 Å². The van der Waals surface area contributed by atoms with E-state index in [1.807, 2.05) is 88.4 Å². The van der Waals surface area contributed by atoms with E-state index < -0.39 is 28.5 Å². The number of hydrogen-bond acceptors (Lipinski definition) is 4. The van der Waals surface area contributed by atoms with Crippen LogP contribution in [0.5, 0.6) is 0 Å². The van der Waals surface area contributed by atoms with Gasteiger partial charge in [-0.2, -0.15) is 0 Å². The zero-order valence-electron chi connectivity index (χ0n) is 25.9. The van der Waals surface area contributed by atoms with Crippen molar-refractivity contribution in [3.8, 4) is 0 Å². The van der Waals surface area contributed by atoms with E-state index in [1.54, 1.807) is 30.3 Å². The lowest BCUT2D eigenvalue weighted by Gasteiger charge is -2.34. The van der Waals surface area contributed by atoms with Crippen molar-refractivity contribution in [2.45, 2.75) is 58.0 Å². The third kappa shape index (κ3) is 7.94. The SMILES string of the molecule is CCCNC(=O)C(Cc1ccccc1)N(Cc1ccc(C)cc1)C(=O)CN(c1cccc(C)c1C)S(=O)(=O)c1ccccc1. The molecular weight excluding hydrogens is 570 g/mol. The first kappa shape index (κ1) is 32.5. The van der Waals surface area contributed by atoms with Gasteiger partial charge in [-0.25, -0.2) is 8.42 Å². The summed E-state index contributed by atoms with van der Waals surface area (Å²) in [5.41, 5.74) is 4.89. The monoisotopic (exact) mass is 611 g/mol. The number of rotatable bonds is 13. The van der Waals surface area contributed by atoms with Gasteiger partial charge < -0.3 is 10.2 Å². The molecule has 0 heterocycles. The van der Waals surface area contributed by atoms with Crippen LogP contribution >= 0.6 is 0 Å². The first-order valence-corrected chi connectivity index (χ1v) is 16.4. The molecule has 0 aliphatic carbocycles. The molecule has 7 nitrogen and oxygen atoms in total. The Morgan fingerprint density at radius 2 is 1.41 bits per heavy atom. The lowest BCUT2D eigenvalue weighted by atomic mass is 10.0. The van der Waals surface area contributed by atoms with Crippen molar-refractivity contribution in [3.05, 3.63) is 131 Å². The van der Waals surface area contributed by atoms with Gasteiger partial charge in [-0.05, 0) is 67.6 Å². The first-order valence-electron chi connectivity index (χ1n) is 14.9. The third-order valence-electron chi connectivity index (χ3n) is 7.75. The Bertz CT molecular complexity index is 1660. The smallest absolute Gasteiger partial charge is 0.264 e. The normalized spacial score (nSPS) is 11.9. The molecule has 0 spiro atoms. The highest BCUT2D eigenvalue weighted by Gasteiger charge is 2.35. The summed E-state index contributed by atoms with van der Waals surface area (Å²) in [5.74, 6) is -0.751. The Labute approximate surface area is 261 Å². The Morgan fingerprint density at radius 3 is 2.05 bits per heavy atom. The number of carbonyl (C=O) groups excluding carboxylic acids is 2. The van der Waals surface area contributed by atoms with Gasteiger partial charge in [-0.15, -0.1) is 0 Å². The van der Waals surface area contributed by atoms with Gasteiger partial charge in [0.25, 0.3) is 10.0 Å². The number of sulfonamides is 1. The first-order chi connectivity index (χ1) is 21.1. The van der Waals surface area contributed by atoms with Crippen LogP contribution in [-0.2, 0) is 32.6 Å². The van der Waals surface area contributed by atoms with E-state index in [9.17, 15) is 18.0 Å². The molecule has 1 unspecified atom stereocenters. The van der Waals surface area contributed by atoms with E-state index >= 15 is 0 Å². The molecule has 4 rings (SSSR count). The molecule has 0 saturated carbocycles. The molecular formula is C36H41N3O4S. The van der Waals surface area contributed by atoms with Crippen LogP contribution in [0, 0.1) is 20.8 Å². The Kier molecular flexibility index (Phi) is 11.0. The second kappa shape index (κ2) is 14.8. The van der Waals surface area contributed by atoms with Crippen LogP contribution in [0.15, 0.2) is 108 Å². The molecule has 0 radical (unpaired) electrons. The number of amides is 2. The van der Waals surface area contributed by atoms with E-state index in [-0.39, 0.29) is 23.8 Å². The van der Waals surface area contributed by atoms with Crippen molar-refractivity contribution in [2.24, 2.45) is 0 Å². The summed E-state index contributed by atoms with van der Waals surface area (Å²) in [6, 6.07) is 30.0. The fourth-order valence-electron chi connectivity index (χ4n) is 5.05. The van der Waals surface area contributed by atoms with E-state index in [0.29, 0.717) is 12.2 Å². The van der Waals surface area contributed by atoms with Crippen molar-refractivity contribution < 1.29 is 18.0 Å². The predicted molar refractivity (Wildman–Crippen MR) is 176 cm³/mol. The maximum Gasteiger partial charge on any atom is 0.264 e. The Morgan fingerprint density at radius 1 is 0.773 bits per heavy atom. The molecule has 1 N–H and O–H groups in total. The topological polar surface area (TPSA) is 86.8 Å². The molecule has 0 aliphatic rings. The molecule has 44 heavy (non-hydrogen) atoms. The molecule has 4 aromatic rings. The number of benzene rings is 4.